The number of rotatable bonds is 7. The summed E-state index contributed by atoms with van der Waals surface area (Å²) in [4.78, 5) is 15.2. The van der Waals surface area contributed by atoms with Crippen LogP contribution in [0.15, 0.2) is 48.5 Å². The zero-order valence-electron chi connectivity index (χ0n) is 17.9. The molecule has 2 aliphatic rings. The fourth-order valence-corrected chi connectivity index (χ4v) is 5.27. The van der Waals surface area contributed by atoms with Gasteiger partial charge >= 0.3 is 0 Å². The lowest BCUT2D eigenvalue weighted by Crippen LogP contribution is -2.32. The van der Waals surface area contributed by atoms with Gasteiger partial charge in [0.1, 0.15) is 5.01 Å². The van der Waals surface area contributed by atoms with Gasteiger partial charge < -0.3 is 5.32 Å². The number of nitrogens with one attached hydrogen (secondary N) is 1. The summed E-state index contributed by atoms with van der Waals surface area (Å²) in [6.45, 7) is 3.33. The van der Waals surface area contributed by atoms with Gasteiger partial charge in [-0.05, 0) is 55.7 Å². The quantitative estimate of drug-likeness (QED) is 0.582. The first-order valence-electron chi connectivity index (χ1n) is 11.2. The largest absolute Gasteiger partial charge is 0.346 e. The molecule has 3 aromatic rings. The predicted molar refractivity (Wildman–Crippen MR) is 123 cm³/mol. The number of nitrogens with zero attached hydrogens (tertiary/aromatic N) is 3. The van der Waals surface area contributed by atoms with E-state index in [1.165, 1.54) is 60.1 Å². The minimum atomic E-state index is -0.148. The summed E-state index contributed by atoms with van der Waals surface area (Å²) < 4.78 is 0. The normalized spacial score (nSPS) is 18.1. The lowest BCUT2D eigenvalue weighted by Gasteiger charge is -2.35. The van der Waals surface area contributed by atoms with Crippen molar-refractivity contribution in [2.45, 2.75) is 64.2 Å². The Labute approximate surface area is 187 Å². The van der Waals surface area contributed by atoms with Crippen LogP contribution >= 0.6 is 11.3 Å². The van der Waals surface area contributed by atoms with Gasteiger partial charge in [-0.3, -0.25) is 9.69 Å². The monoisotopic (exact) mass is 432 g/mol. The fourth-order valence-electron chi connectivity index (χ4n) is 4.50. The number of benzene rings is 2. The molecule has 2 aromatic carbocycles. The molecule has 5 rings (SSSR count). The SMILES string of the molecule is Cc1ccc(CNC(=O)c2nnc(CN(C3CC3)C3CCCc4ccccc43)s2)cc1. The third-order valence-electron chi connectivity index (χ3n) is 6.31. The minimum Gasteiger partial charge on any atom is -0.346 e. The summed E-state index contributed by atoms with van der Waals surface area (Å²) in [6, 6.07) is 18.1. The Morgan fingerprint density at radius 3 is 2.71 bits per heavy atom. The lowest BCUT2D eigenvalue weighted by atomic mass is 9.86. The van der Waals surface area contributed by atoms with E-state index in [2.05, 4.69) is 63.7 Å². The standard InChI is InChI=1S/C25H28N4OS/c1-17-9-11-18(12-10-17)15-26-24(30)25-28-27-23(31-25)16-29(20-13-14-20)22-8-4-6-19-5-2-3-7-21(19)22/h2-3,5,7,9-12,20,22H,4,6,8,13-16H2,1H3,(H,26,30). The topological polar surface area (TPSA) is 58.1 Å². The number of aromatic nitrogens is 2. The Morgan fingerprint density at radius 2 is 1.90 bits per heavy atom. The number of carbonyl (C=O) groups is 1. The molecule has 5 nitrogen and oxygen atoms in total. The van der Waals surface area contributed by atoms with E-state index in [1.807, 2.05) is 12.1 Å². The van der Waals surface area contributed by atoms with Gasteiger partial charge in [0.2, 0.25) is 5.01 Å². The first kappa shape index (κ1) is 20.3. The predicted octanol–water partition coefficient (Wildman–Crippen LogP) is 4.82. The van der Waals surface area contributed by atoms with Gasteiger partial charge in [0.25, 0.3) is 5.91 Å². The van der Waals surface area contributed by atoms with Crippen LogP contribution in [-0.2, 0) is 19.5 Å². The minimum absolute atomic E-state index is 0.148. The molecule has 31 heavy (non-hydrogen) atoms. The third kappa shape index (κ3) is 4.70. The van der Waals surface area contributed by atoms with Crippen LogP contribution < -0.4 is 5.32 Å². The number of amides is 1. The summed E-state index contributed by atoms with van der Waals surface area (Å²) in [6.07, 6.45) is 6.10. The molecule has 1 aromatic heterocycles. The molecule has 0 aliphatic heterocycles. The summed E-state index contributed by atoms with van der Waals surface area (Å²) in [5.74, 6) is -0.148. The van der Waals surface area contributed by atoms with E-state index < -0.39 is 0 Å². The average molecular weight is 433 g/mol. The molecule has 0 radical (unpaired) electrons. The lowest BCUT2D eigenvalue weighted by molar-refractivity contribution is 0.0950. The van der Waals surface area contributed by atoms with Gasteiger partial charge in [-0.25, -0.2) is 0 Å². The molecule has 2 aliphatic carbocycles. The number of fused-ring (bicyclic) bond motifs is 1. The van der Waals surface area contributed by atoms with Crippen molar-refractivity contribution in [3.05, 3.63) is 80.8 Å². The zero-order chi connectivity index (χ0) is 21.2. The van der Waals surface area contributed by atoms with Crippen molar-refractivity contribution in [2.75, 3.05) is 0 Å². The summed E-state index contributed by atoms with van der Waals surface area (Å²) in [5.41, 5.74) is 5.25. The first-order chi connectivity index (χ1) is 15.2. The molecule has 1 heterocycles. The Morgan fingerprint density at radius 1 is 1.10 bits per heavy atom. The van der Waals surface area contributed by atoms with Crippen molar-refractivity contribution in [2.24, 2.45) is 0 Å². The molecule has 1 N–H and O–H groups in total. The van der Waals surface area contributed by atoms with Crippen LogP contribution in [0.5, 0.6) is 0 Å². The molecule has 1 atom stereocenters. The number of aryl methyl sites for hydroxylation is 2. The Kier molecular flexibility index (Phi) is 5.83. The van der Waals surface area contributed by atoms with Gasteiger partial charge in [-0.15, -0.1) is 10.2 Å². The second-order valence-electron chi connectivity index (χ2n) is 8.68. The Bertz CT molecular complexity index is 1060. The van der Waals surface area contributed by atoms with Crippen LogP contribution in [0.3, 0.4) is 0 Å². The molecule has 1 unspecified atom stereocenters. The van der Waals surface area contributed by atoms with Crippen LogP contribution in [0.25, 0.3) is 0 Å². The molecule has 160 valence electrons. The summed E-state index contributed by atoms with van der Waals surface area (Å²) in [5, 5.41) is 12.9. The van der Waals surface area contributed by atoms with E-state index in [0.717, 1.165) is 17.1 Å². The maximum atomic E-state index is 12.6. The maximum absolute atomic E-state index is 12.6. The zero-order valence-corrected chi connectivity index (χ0v) is 18.7. The van der Waals surface area contributed by atoms with Crippen molar-refractivity contribution >= 4 is 17.2 Å². The second-order valence-corrected chi connectivity index (χ2v) is 9.74. The van der Waals surface area contributed by atoms with Crippen LogP contribution in [0, 0.1) is 6.92 Å². The smallest absolute Gasteiger partial charge is 0.282 e. The molecular weight excluding hydrogens is 404 g/mol. The molecular formula is C25H28N4OS. The molecule has 1 fully saturated rings. The van der Waals surface area contributed by atoms with Crippen LogP contribution in [0.4, 0.5) is 0 Å². The van der Waals surface area contributed by atoms with E-state index in [-0.39, 0.29) is 5.91 Å². The van der Waals surface area contributed by atoms with E-state index in [9.17, 15) is 4.79 Å². The highest BCUT2D eigenvalue weighted by molar-refractivity contribution is 7.13. The Balaban J connectivity index is 1.26. The third-order valence-corrected chi connectivity index (χ3v) is 7.21. The van der Waals surface area contributed by atoms with E-state index >= 15 is 0 Å². The molecule has 0 spiro atoms. The fraction of sp³-hybridized carbons (Fsp3) is 0.400. The molecule has 1 amide bonds. The summed E-state index contributed by atoms with van der Waals surface area (Å²) in [7, 11) is 0. The van der Waals surface area contributed by atoms with Crippen LogP contribution in [0.2, 0.25) is 0 Å². The average Bonchev–Trinajstić information content (AvgIpc) is 3.54. The van der Waals surface area contributed by atoms with Crippen molar-refractivity contribution < 1.29 is 4.79 Å². The number of carbonyl (C=O) groups excluding carboxylic acids is 1. The van der Waals surface area contributed by atoms with Crippen LogP contribution in [-0.4, -0.2) is 27.0 Å². The van der Waals surface area contributed by atoms with Gasteiger partial charge in [0.05, 0.1) is 6.54 Å². The first-order valence-corrected chi connectivity index (χ1v) is 12.0. The highest BCUT2D eigenvalue weighted by Gasteiger charge is 2.37. The molecule has 1 saturated carbocycles. The number of hydrogen-bond acceptors (Lipinski definition) is 5. The van der Waals surface area contributed by atoms with E-state index in [1.54, 1.807) is 0 Å². The van der Waals surface area contributed by atoms with Gasteiger partial charge in [-0.1, -0.05) is 65.4 Å². The van der Waals surface area contributed by atoms with Crippen LogP contribution in [0.1, 0.15) is 68.8 Å². The van der Waals surface area contributed by atoms with E-state index in [4.69, 9.17) is 0 Å². The van der Waals surface area contributed by atoms with Crippen molar-refractivity contribution in [3.63, 3.8) is 0 Å². The maximum Gasteiger partial charge on any atom is 0.282 e. The van der Waals surface area contributed by atoms with Crippen molar-refractivity contribution in [1.29, 1.82) is 0 Å². The van der Waals surface area contributed by atoms with Crippen molar-refractivity contribution in [3.8, 4) is 0 Å². The highest BCUT2D eigenvalue weighted by atomic mass is 32.1. The van der Waals surface area contributed by atoms with Gasteiger partial charge in [0, 0.05) is 18.6 Å². The summed E-state index contributed by atoms with van der Waals surface area (Å²) >= 11 is 1.42. The molecule has 6 heteroatoms. The van der Waals surface area contributed by atoms with Crippen molar-refractivity contribution in [1.82, 2.24) is 20.4 Å². The highest BCUT2D eigenvalue weighted by Crippen LogP contribution is 2.41. The molecule has 0 bridgehead atoms. The second kappa shape index (κ2) is 8.89. The number of hydrogen-bond donors (Lipinski definition) is 1. The van der Waals surface area contributed by atoms with Gasteiger partial charge in [0.15, 0.2) is 0 Å². The molecule has 0 saturated heterocycles. The Hall–Kier alpha value is -2.57. The van der Waals surface area contributed by atoms with Gasteiger partial charge in [-0.2, -0.15) is 0 Å². The van der Waals surface area contributed by atoms with E-state index in [0.29, 0.717) is 23.6 Å².